The van der Waals surface area contributed by atoms with E-state index in [0.717, 1.165) is 22.6 Å². The van der Waals surface area contributed by atoms with E-state index in [4.69, 9.17) is 4.74 Å². The molecule has 2 aromatic heterocycles. The molecule has 0 aliphatic carbocycles. The molecule has 160 valence electrons. The molecule has 8 nitrogen and oxygen atoms in total. The molecular formula is C23H19FN6O2. The monoisotopic (exact) mass is 430 g/mol. The quantitative estimate of drug-likeness (QED) is 0.531. The van der Waals surface area contributed by atoms with Crippen LogP contribution in [0.15, 0.2) is 54.7 Å². The van der Waals surface area contributed by atoms with Crippen LogP contribution in [0.5, 0.6) is 5.75 Å². The average molecular weight is 430 g/mol. The van der Waals surface area contributed by atoms with Crippen LogP contribution >= 0.6 is 0 Å². The number of halogens is 1. The summed E-state index contributed by atoms with van der Waals surface area (Å²) in [5.41, 5.74) is 3.82. The Bertz CT molecular complexity index is 1320. The normalized spacial score (nSPS) is 15.2. The predicted octanol–water partition coefficient (Wildman–Crippen LogP) is 3.65. The minimum absolute atomic E-state index is 0.130. The Morgan fingerprint density at radius 2 is 2.00 bits per heavy atom. The summed E-state index contributed by atoms with van der Waals surface area (Å²) in [6.45, 7) is 1.89. The summed E-state index contributed by atoms with van der Waals surface area (Å²) in [5.74, 6) is 0.802. The van der Waals surface area contributed by atoms with Crippen molar-refractivity contribution in [2.24, 2.45) is 0 Å². The molecule has 1 atom stereocenters. The first-order chi connectivity index (χ1) is 15.5. The number of hydrogen-bond acceptors (Lipinski definition) is 6. The number of nitrogens with zero attached hydrogens (tertiary/aromatic N) is 5. The van der Waals surface area contributed by atoms with E-state index in [1.807, 2.05) is 31.2 Å². The van der Waals surface area contributed by atoms with E-state index in [1.54, 1.807) is 19.2 Å². The molecule has 3 heterocycles. The van der Waals surface area contributed by atoms with Gasteiger partial charge >= 0.3 is 0 Å². The van der Waals surface area contributed by atoms with E-state index in [1.165, 1.54) is 23.0 Å². The van der Waals surface area contributed by atoms with Crippen LogP contribution in [0.2, 0.25) is 0 Å². The standard InChI is InChI=1S/C23H19FN6O2/c1-13-21-18(15-4-3-5-17(10-15)32-2)11-20(31)27-22(21)30(29-13)23-26-19(12-25-28-23)14-6-8-16(24)9-7-14/h3-10,12,18H,11H2,1-2H3,(H,27,31)/t18-/m0/s1. The number of benzene rings is 2. The van der Waals surface area contributed by atoms with Gasteiger partial charge in [0.2, 0.25) is 5.91 Å². The maximum atomic E-state index is 13.3. The summed E-state index contributed by atoms with van der Waals surface area (Å²) in [6.07, 6.45) is 1.79. The van der Waals surface area contributed by atoms with Crippen LogP contribution in [-0.2, 0) is 4.79 Å². The van der Waals surface area contributed by atoms with Gasteiger partial charge in [-0.2, -0.15) is 14.9 Å². The third-order valence-electron chi connectivity index (χ3n) is 5.48. The van der Waals surface area contributed by atoms with Gasteiger partial charge in [0.15, 0.2) is 0 Å². The second kappa shape index (κ2) is 7.84. The molecule has 0 unspecified atom stereocenters. The van der Waals surface area contributed by atoms with Crippen molar-refractivity contribution in [3.8, 4) is 23.0 Å². The largest absolute Gasteiger partial charge is 0.497 e. The Morgan fingerprint density at radius 1 is 1.19 bits per heavy atom. The molecule has 0 spiro atoms. The van der Waals surface area contributed by atoms with Crippen molar-refractivity contribution in [2.75, 3.05) is 12.4 Å². The molecule has 9 heteroatoms. The lowest BCUT2D eigenvalue weighted by Gasteiger charge is -2.24. The minimum Gasteiger partial charge on any atom is -0.497 e. The lowest BCUT2D eigenvalue weighted by molar-refractivity contribution is -0.116. The maximum Gasteiger partial charge on any atom is 0.272 e. The van der Waals surface area contributed by atoms with Crippen molar-refractivity contribution < 1.29 is 13.9 Å². The van der Waals surface area contributed by atoms with Crippen LogP contribution < -0.4 is 10.1 Å². The molecule has 4 aromatic rings. The lowest BCUT2D eigenvalue weighted by atomic mass is 9.86. The lowest BCUT2D eigenvalue weighted by Crippen LogP contribution is -2.25. The Labute approximate surface area is 183 Å². The summed E-state index contributed by atoms with van der Waals surface area (Å²) in [5, 5.41) is 15.7. The fourth-order valence-corrected chi connectivity index (χ4v) is 3.98. The molecule has 32 heavy (non-hydrogen) atoms. The summed E-state index contributed by atoms with van der Waals surface area (Å²) in [7, 11) is 1.61. The molecule has 0 saturated carbocycles. The van der Waals surface area contributed by atoms with E-state index in [0.29, 0.717) is 23.5 Å². The number of anilines is 1. The van der Waals surface area contributed by atoms with Gasteiger partial charge in [0, 0.05) is 23.5 Å². The van der Waals surface area contributed by atoms with Crippen molar-refractivity contribution in [1.29, 1.82) is 0 Å². The summed E-state index contributed by atoms with van der Waals surface area (Å²) in [6, 6.07) is 13.6. The zero-order chi connectivity index (χ0) is 22.2. The summed E-state index contributed by atoms with van der Waals surface area (Å²) >= 11 is 0. The number of carbonyl (C=O) groups is 1. The highest BCUT2D eigenvalue weighted by Gasteiger charge is 2.33. The number of rotatable bonds is 4. The van der Waals surface area contributed by atoms with Gasteiger partial charge in [0.05, 0.1) is 24.7 Å². The maximum absolute atomic E-state index is 13.3. The van der Waals surface area contributed by atoms with Crippen LogP contribution in [0.4, 0.5) is 10.2 Å². The topological polar surface area (TPSA) is 94.8 Å². The van der Waals surface area contributed by atoms with Gasteiger partial charge in [0.1, 0.15) is 17.4 Å². The first-order valence-electron chi connectivity index (χ1n) is 10.0. The van der Waals surface area contributed by atoms with Crippen molar-refractivity contribution in [3.63, 3.8) is 0 Å². The zero-order valence-corrected chi connectivity index (χ0v) is 17.4. The zero-order valence-electron chi connectivity index (χ0n) is 17.4. The van der Waals surface area contributed by atoms with Gasteiger partial charge < -0.3 is 10.1 Å². The average Bonchev–Trinajstić information content (AvgIpc) is 3.15. The minimum atomic E-state index is -0.334. The number of hydrogen-bond donors (Lipinski definition) is 1. The number of fused-ring (bicyclic) bond motifs is 1. The number of aromatic nitrogens is 5. The third kappa shape index (κ3) is 3.47. The first kappa shape index (κ1) is 19.8. The van der Waals surface area contributed by atoms with Crippen LogP contribution in [0.3, 0.4) is 0 Å². The molecule has 0 fully saturated rings. The molecule has 1 aliphatic rings. The van der Waals surface area contributed by atoms with Crippen molar-refractivity contribution >= 4 is 11.7 Å². The van der Waals surface area contributed by atoms with E-state index in [9.17, 15) is 9.18 Å². The van der Waals surface area contributed by atoms with Crippen LogP contribution in [0.1, 0.15) is 29.2 Å². The molecule has 5 rings (SSSR count). The predicted molar refractivity (Wildman–Crippen MR) is 115 cm³/mol. The van der Waals surface area contributed by atoms with Crippen LogP contribution in [0, 0.1) is 12.7 Å². The highest BCUT2D eigenvalue weighted by molar-refractivity contribution is 5.95. The second-order valence-electron chi connectivity index (χ2n) is 7.49. The van der Waals surface area contributed by atoms with E-state index in [2.05, 4.69) is 25.6 Å². The van der Waals surface area contributed by atoms with Crippen molar-refractivity contribution in [1.82, 2.24) is 25.0 Å². The van der Waals surface area contributed by atoms with E-state index in [-0.39, 0.29) is 23.6 Å². The summed E-state index contributed by atoms with van der Waals surface area (Å²) < 4.78 is 20.1. The number of carbonyl (C=O) groups excluding carboxylic acids is 1. The third-order valence-corrected chi connectivity index (χ3v) is 5.48. The van der Waals surface area contributed by atoms with Crippen molar-refractivity contribution in [2.45, 2.75) is 19.3 Å². The van der Waals surface area contributed by atoms with Crippen LogP contribution in [0.25, 0.3) is 17.2 Å². The van der Waals surface area contributed by atoms with Gasteiger partial charge in [-0.1, -0.05) is 12.1 Å². The number of ether oxygens (including phenoxy) is 1. The Morgan fingerprint density at radius 3 is 2.78 bits per heavy atom. The van der Waals surface area contributed by atoms with Gasteiger partial charge in [-0.25, -0.2) is 9.37 Å². The molecule has 2 aromatic carbocycles. The molecule has 1 aliphatic heterocycles. The highest BCUT2D eigenvalue weighted by atomic mass is 19.1. The smallest absolute Gasteiger partial charge is 0.272 e. The molecule has 0 radical (unpaired) electrons. The molecule has 1 N–H and O–H groups in total. The molecule has 0 saturated heterocycles. The number of nitrogens with one attached hydrogen (secondary N) is 1. The molecular weight excluding hydrogens is 411 g/mol. The number of methoxy groups -OCH3 is 1. The number of amides is 1. The Balaban J connectivity index is 1.60. The Kier molecular flexibility index (Phi) is 4.85. The number of aryl methyl sites for hydroxylation is 1. The van der Waals surface area contributed by atoms with E-state index >= 15 is 0 Å². The Hall–Kier alpha value is -4.14. The summed E-state index contributed by atoms with van der Waals surface area (Å²) in [4.78, 5) is 17.1. The van der Waals surface area contributed by atoms with Gasteiger partial charge in [-0.15, -0.1) is 5.10 Å². The van der Waals surface area contributed by atoms with Gasteiger partial charge in [0.25, 0.3) is 5.95 Å². The van der Waals surface area contributed by atoms with E-state index < -0.39 is 0 Å². The second-order valence-corrected chi connectivity index (χ2v) is 7.49. The van der Waals surface area contributed by atoms with Crippen molar-refractivity contribution in [3.05, 3.63) is 77.4 Å². The molecule has 1 amide bonds. The SMILES string of the molecule is COc1cccc([C@@H]2CC(=O)Nc3c2c(C)nn3-c2nncc(-c3ccc(F)cc3)n2)c1. The fraction of sp³-hybridized carbons (Fsp3) is 0.174. The van der Waals surface area contributed by atoms with Crippen LogP contribution in [-0.4, -0.2) is 38.0 Å². The first-order valence-corrected chi connectivity index (χ1v) is 10.0. The van der Waals surface area contributed by atoms with Gasteiger partial charge in [-0.05, 0) is 48.9 Å². The highest BCUT2D eigenvalue weighted by Crippen LogP contribution is 2.40. The van der Waals surface area contributed by atoms with Gasteiger partial charge in [-0.3, -0.25) is 4.79 Å². The fourth-order valence-electron chi connectivity index (χ4n) is 3.98. The molecule has 0 bridgehead atoms.